The third-order valence-electron chi connectivity index (χ3n) is 15.6. The zero-order valence-corrected chi connectivity index (χ0v) is 60.2. The van der Waals surface area contributed by atoms with Crippen LogP contribution < -0.4 is 26.9 Å². The Kier molecular flexibility index (Phi) is 22.7. The monoisotopic (exact) mass is 1340 g/mol. The SMILES string of the molecule is CC(C)(C)N1CCN(c2ccccc2)S1(=O)=O.COc1ccc(N2CCN(C(C)(C)C)S2(=O)=O)cc1.Cc1ccc(N2CCN(C(C)(C)C)C2=O)cc1Cl.Cc1ccc(N2CCN(C(C)(C)C)S2(=O)=O)cc1.Cc1ccc(N2CCN(C(C)(C)C)S2(=O)=O)cc1. The number of halogens is 1. The maximum absolute atomic E-state index is 12.5. The molecule has 0 bridgehead atoms. The predicted octanol–water partition coefficient (Wildman–Crippen LogP) is 11.7. The second kappa shape index (κ2) is 27.9. The van der Waals surface area contributed by atoms with Crippen molar-refractivity contribution in [1.82, 2.24) is 22.1 Å². The summed E-state index contributed by atoms with van der Waals surface area (Å²) in [6.07, 6.45) is 0. The highest BCUT2D eigenvalue weighted by atomic mass is 35.5. The molecule has 5 aliphatic rings. The van der Waals surface area contributed by atoms with Crippen LogP contribution in [0.15, 0.2) is 121 Å². The summed E-state index contributed by atoms with van der Waals surface area (Å²) < 4.78 is 117. The molecule has 5 fully saturated rings. The average Bonchev–Trinajstić information content (AvgIpc) is 1.82. The van der Waals surface area contributed by atoms with Gasteiger partial charge in [-0.25, -0.2) is 4.79 Å². The van der Waals surface area contributed by atoms with Gasteiger partial charge in [-0.2, -0.15) is 50.9 Å². The first kappa shape index (κ1) is 73.4. The highest BCUT2D eigenvalue weighted by Gasteiger charge is 2.46. The number of anilines is 5. The number of hydrogen-bond donors (Lipinski definition) is 0. The van der Waals surface area contributed by atoms with E-state index in [1.54, 1.807) is 49.2 Å². The molecule has 0 radical (unpaired) electrons. The minimum absolute atomic E-state index is 0.0578. The Balaban J connectivity index is 0.000000179. The number of aryl methyl sites for hydroxylation is 3. The Morgan fingerprint density at radius 2 is 0.667 bits per heavy atom. The van der Waals surface area contributed by atoms with Crippen molar-refractivity contribution in [3.63, 3.8) is 0 Å². The molecule has 5 aliphatic heterocycles. The molecule has 2 amide bonds. The second-order valence-electron chi connectivity index (χ2n) is 27.7. The van der Waals surface area contributed by atoms with E-state index in [1.807, 2.05) is 206 Å². The lowest BCUT2D eigenvalue weighted by atomic mass is 10.1. The number of rotatable bonds is 6. The summed E-state index contributed by atoms with van der Waals surface area (Å²) in [5.74, 6) is 0.716. The molecule has 0 spiro atoms. The molecule has 5 aromatic rings. The van der Waals surface area contributed by atoms with Crippen molar-refractivity contribution in [2.75, 3.05) is 94.7 Å². The van der Waals surface area contributed by atoms with E-state index in [-0.39, 0.29) is 28.2 Å². The second-order valence-corrected chi connectivity index (χ2v) is 35.2. The summed E-state index contributed by atoms with van der Waals surface area (Å²) in [5.41, 5.74) is 5.39. The first-order valence-electron chi connectivity index (χ1n) is 30.3. The van der Waals surface area contributed by atoms with Gasteiger partial charge in [0.2, 0.25) is 0 Å². The first-order valence-corrected chi connectivity index (χ1v) is 36.2. The van der Waals surface area contributed by atoms with Crippen molar-refractivity contribution in [2.45, 2.75) is 152 Å². The molecule has 5 heterocycles. The van der Waals surface area contributed by atoms with Gasteiger partial charge in [0, 0.05) is 104 Å². The van der Waals surface area contributed by atoms with Crippen LogP contribution in [0.25, 0.3) is 0 Å². The molecule has 0 aromatic heterocycles. The Hall–Kier alpha value is -5.70. The van der Waals surface area contributed by atoms with Crippen molar-refractivity contribution in [3.8, 4) is 5.75 Å². The quantitative estimate of drug-likeness (QED) is 0.158. The van der Waals surface area contributed by atoms with E-state index in [1.165, 1.54) is 21.5 Å². The number of carbonyl (C=O) groups excluding carboxylic acids is 1. The minimum atomic E-state index is -3.43. The fraction of sp³-hybridized carbons (Fsp3) is 0.523. The van der Waals surface area contributed by atoms with Gasteiger partial charge in [-0.15, -0.1) is 0 Å². The van der Waals surface area contributed by atoms with E-state index < -0.39 is 46.4 Å². The Morgan fingerprint density at radius 3 is 0.933 bits per heavy atom. The van der Waals surface area contributed by atoms with Gasteiger partial charge in [0.1, 0.15) is 5.75 Å². The molecule has 10 rings (SSSR count). The third kappa shape index (κ3) is 17.1. The number of ether oxygens (including phenoxy) is 1. The largest absolute Gasteiger partial charge is 0.497 e. The van der Waals surface area contributed by atoms with Gasteiger partial charge in [0.05, 0.1) is 29.9 Å². The molecule has 90 heavy (non-hydrogen) atoms. The highest BCUT2D eigenvalue weighted by Crippen LogP contribution is 2.36. The van der Waals surface area contributed by atoms with E-state index in [4.69, 9.17) is 16.3 Å². The maximum Gasteiger partial charge on any atom is 0.325 e. The molecular weight excluding hydrogens is 1240 g/mol. The van der Waals surface area contributed by atoms with Crippen molar-refractivity contribution in [1.29, 1.82) is 0 Å². The van der Waals surface area contributed by atoms with E-state index in [0.29, 0.717) is 68.8 Å². The van der Waals surface area contributed by atoms with E-state index in [0.717, 1.165) is 52.5 Å². The summed E-state index contributed by atoms with van der Waals surface area (Å²) in [4.78, 5) is 16.0. The molecule has 0 atom stereocenters. The number of methoxy groups -OCH3 is 1. The van der Waals surface area contributed by atoms with Crippen LogP contribution in [0.5, 0.6) is 5.75 Å². The lowest BCUT2D eigenvalue weighted by Crippen LogP contribution is -2.44. The number of benzene rings is 5. The summed E-state index contributed by atoms with van der Waals surface area (Å²) in [5, 5.41) is 0.703. The number of urea groups is 1. The molecule has 0 saturated carbocycles. The van der Waals surface area contributed by atoms with E-state index >= 15 is 0 Å². The average molecular weight is 1340 g/mol. The van der Waals surface area contributed by atoms with Gasteiger partial charge >= 0.3 is 46.9 Å². The molecule has 0 unspecified atom stereocenters. The molecule has 25 heteroatoms. The first-order chi connectivity index (χ1) is 41.4. The number of hydrogen-bond acceptors (Lipinski definition) is 10. The van der Waals surface area contributed by atoms with Crippen LogP contribution in [0.1, 0.15) is 121 Å². The zero-order valence-electron chi connectivity index (χ0n) is 56.2. The molecule has 5 saturated heterocycles. The highest BCUT2D eigenvalue weighted by molar-refractivity contribution is 7.91. The zero-order chi connectivity index (χ0) is 67.5. The minimum Gasteiger partial charge on any atom is -0.497 e. The van der Waals surface area contributed by atoms with Crippen LogP contribution >= 0.6 is 11.6 Å². The number of nitrogens with zero attached hydrogens (tertiary/aromatic N) is 10. The van der Waals surface area contributed by atoms with Crippen LogP contribution in [0, 0.1) is 20.8 Å². The maximum atomic E-state index is 12.5. The van der Waals surface area contributed by atoms with Gasteiger partial charge in [-0.05, 0) is 203 Å². The molecular formula is C65H97ClN10O10S4. The molecule has 20 nitrogen and oxygen atoms in total. The van der Waals surface area contributed by atoms with Crippen LogP contribution in [0.3, 0.4) is 0 Å². The lowest BCUT2D eigenvalue weighted by molar-refractivity contribution is 0.173. The standard InChI is InChI=1S/C14H19ClN2O.C13H20N2O3S.2C13H20N2O2S.C12H18N2O2S/c1-10-5-6-11(9-12(10)15)16-7-8-17(13(16)18)14(2,3)4;1-13(2,3)15-10-9-14(19(15,16)17)11-5-7-12(18-4)8-6-11;2*1-11-5-7-12(8-6-11)14-9-10-15(13(2,3)4)18(14,16)17;1-12(2,3)14-10-9-13(17(14,15)16)11-7-5-4-6-8-11/h5-6,9H,7-8H2,1-4H3;5-8H,9-10H2,1-4H3;2*5-8H,9-10H2,1-4H3;4-8H,9-10H2,1-3H3. The normalized spacial score (nSPS) is 19.5. The smallest absolute Gasteiger partial charge is 0.325 e. The van der Waals surface area contributed by atoms with Gasteiger partial charge in [0.25, 0.3) is 0 Å². The van der Waals surface area contributed by atoms with Crippen LogP contribution in [-0.4, -0.2) is 162 Å². The summed E-state index contributed by atoms with van der Waals surface area (Å²) in [6.45, 7) is 40.7. The summed E-state index contributed by atoms with van der Waals surface area (Å²) in [6, 6.07) is 37.3. The van der Waals surface area contributed by atoms with Crippen molar-refractivity contribution in [3.05, 3.63) is 143 Å². The van der Waals surface area contributed by atoms with Gasteiger partial charge in [0.15, 0.2) is 0 Å². The van der Waals surface area contributed by atoms with E-state index in [2.05, 4.69) is 20.8 Å². The van der Waals surface area contributed by atoms with Crippen LogP contribution in [0.2, 0.25) is 5.02 Å². The Labute approximate surface area is 544 Å². The number of para-hydroxylation sites is 1. The predicted molar refractivity (Wildman–Crippen MR) is 368 cm³/mol. The van der Waals surface area contributed by atoms with Crippen molar-refractivity contribution >= 4 is 86.9 Å². The van der Waals surface area contributed by atoms with Crippen LogP contribution in [-0.2, 0) is 40.8 Å². The molecule has 5 aromatic carbocycles. The Morgan fingerprint density at radius 1 is 0.367 bits per heavy atom. The summed E-state index contributed by atoms with van der Waals surface area (Å²) in [7, 11) is -12.0. The molecule has 0 aliphatic carbocycles. The fourth-order valence-electron chi connectivity index (χ4n) is 10.8. The van der Waals surface area contributed by atoms with Gasteiger partial charge in [-0.3, -0.25) is 22.1 Å². The fourth-order valence-corrected chi connectivity index (χ4v) is 18.8. The Bertz CT molecular complexity index is 3620. The van der Waals surface area contributed by atoms with Crippen molar-refractivity contribution < 1.29 is 43.2 Å². The van der Waals surface area contributed by atoms with Gasteiger partial charge < -0.3 is 9.64 Å². The van der Waals surface area contributed by atoms with Crippen molar-refractivity contribution in [2.24, 2.45) is 0 Å². The lowest BCUT2D eigenvalue weighted by Gasteiger charge is -2.31. The molecule has 498 valence electrons. The summed E-state index contributed by atoms with van der Waals surface area (Å²) >= 11 is 6.11. The van der Waals surface area contributed by atoms with Gasteiger partial charge in [-0.1, -0.05) is 71.3 Å². The van der Waals surface area contributed by atoms with E-state index in [9.17, 15) is 38.5 Å². The van der Waals surface area contributed by atoms with Crippen LogP contribution in [0.4, 0.5) is 33.2 Å². The molecule has 0 N–H and O–H groups in total. The third-order valence-corrected chi connectivity index (χ3v) is 24.9. The number of amides is 2. The number of carbonyl (C=O) groups is 1. The topological polar surface area (TPSA) is 195 Å².